The summed E-state index contributed by atoms with van der Waals surface area (Å²) in [6.07, 6.45) is 1.49. The van der Waals surface area contributed by atoms with Crippen molar-refractivity contribution in [2.24, 2.45) is 5.92 Å². The van der Waals surface area contributed by atoms with Crippen LogP contribution >= 0.6 is 0 Å². The second-order valence-corrected chi connectivity index (χ2v) is 7.79. The number of nitrogens with zero attached hydrogens (tertiary/aromatic N) is 2. The van der Waals surface area contributed by atoms with Crippen molar-refractivity contribution in [2.75, 3.05) is 33.7 Å². The number of ketones is 1. The number of hydrogen-bond donors (Lipinski definition) is 0. The molecule has 0 aliphatic carbocycles. The summed E-state index contributed by atoms with van der Waals surface area (Å²) in [5, 5.41) is 0. The smallest absolute Gasteiger partial charge is 0.140 e. The van der Waals surface area contributed by atoms with Gasteiger partial charge in [-0.05, 0) is 48.2 Å². The molecule has 0 aromatic heterocycles. The standard InChI is InChI=1S/C16H30N2O2/c1-15(2)10-13(16(3,4)20-15)14(19)9-12-11-17(5)7-8-18(12)6/h12-13H,7-11H2,1-6H3. The lowest BCUT2D eigenvalue weighted by Gasteiger charge is -2.38. The highest BCUT2D eigenvalue weighted by atomic mass is 16.5. The highest BCUT2D eigenvalue weighted by Gasteiger charge is 2.49. The number of piperazine rings is 1. The van der Waals surface area contributed by atoms with Crippen molar-refractivity contribution in [3.05, 3.63) is 0 Å². The minimum absolute atomic E-state index is 0.0260. The maximum atomic E-state index is 12.7. The molecule has 2 saturated heterocycles. The lowest BCUT2D eigenvalue weighted by molar-refractivity contribution is -0.131. The van der Waals surface area contributed by atoms with Crippen LogP contribution in [0.1, 0.15) is 40.5 Å². The fraction of sp³-hybridized carbons (Fsp3) is 0.938. The summed E-state index contributed by atoms with van der Waals surface area (Å²) in [5.41, 5.74) is -0.515. The molecule has 2 unspecified atom stereocenters. The summed E-state index contributed by atoms with van der Waals surface area (Å²) in [6.45, 7) is 11.4. The average molecular weight is 282 g/mol. The number of rotatable bonds is 3. The van der Waals surface area contributed by atoms with Crippen LogP contribution in [-0.2, 0) is 9.53 Å². The molecule has 0 bridgehead atoms. The van der Waals surface area contributed by atoms with E-state index in [9.17, 15) is 4.79 Å². The third-order valence-corrected chi connectivity index (χ3v) is 4.88. The van der Waals surface area contributed by atoms with Gasteiger partial charge in [-0.15, -0.1) is 0 Å². The lowest BCUT2D eigenvalue weighted by Crippen LogP contribution is -2.51. The molecule has 20 heavy (non-hydrogen) atoms. The summed E-state index contributed by atoms with van der Waals surface area (Å²) in [7, 11) is 4.27. The van der Waals surface area contributed by atoms with Crippen LogP contribution in [0.2, 0.25) is 0 Å². The molecule has 0 aromatic rings. The number of hydrogen-bond acceptors (Lipinski definition) is 4. The van der Waals surface area contributed by atoms with E-state index in [-0.39, 0.29) is 17.1 Å². The highest BCUT2D eigenvalue weighted by Crippen LogP contribution is 2.43. The molecule has 2 atom stereocenters. The summed E-state index contributed by atoms with van der Waals surface area (Å²) < 4.78 is 6.06. The van der Waals surface area contributed by atoms with Crippen molar-refractivity contribution in [2.45, 2.75) is 57.8 Å². The van der Waals surface area contributed by atoms with Crippen LogP contribution in [-0.4, -0.2) is 66.6 Å². The first-order valence-corrected chi connectivity index (χ1v) is 7.72. The molecule has 2 aliphatic rings. The first-order valence-electron chi connectivity index (χ1n) is 7.72. The summed E-state index contributed by atoms with van der Waals surface area (Å²) in [4.78, 5) is 17.4. The molecule has 4 heteroatoms. The van der Waals surface area contributed by atoms with E-state index in [1.54, 1.807) is 0 Å². The zero-order valence-corrected chi connectivity index (χ0v) is 13.9. The van der Waals surface area contributed by atoms with Crippen molar-refractivity contribution < 1.29 is 9.53 Å². The quantitative estimate of drug-likeness (QED) is 0.790. The van der Waals surface area contributed by atoms with Gasteiger partial charge in [0.1, 0.15) is 5.78 Å². The van der Waals surface area contributed by atoms with Crippen LogP contribution in [0.3, 0.4) is 0 Å². The Kier molecular flexibility index (Phi) is 4.30. The molecule has 2 fully saturated rings. The van der Waals surface area contributed by atoms with Crippen LogP contribution in [0.25, 0.3) is 0 Å². The second kappa shape index (κ2) is 5.39. The number of Topliss-reactive ketones (excluding diaryl/α,β-unsaturated/α-hetero) is 1. The average Bonchev–Trinajstić information content (AvgIpc) is 2.52. The number of likely N-dealkylation sites (N-methyl/N-ethyl adjacent to an activating group) is 2. The lowest BCUT2D eigenvalue weighted by atomic mass is 9.81. The number of carbonyl (C=O) groups is 1. The van der Waals surface area contributed by atoms with Gasteiger partial charge in [0.05, 0.1) is 11.2 Å². The van der Waals surface area contributed by atoms with Crippen LogP contribution in [0.4, 0.5) is 0 Å². The van der Waals surface area contributed by atoms with Gasteiger partial charge in [-0.2, -0.15) is 0 Å². The number of ether oxygens (including phenoxy) is 1. The van der Waals surface area contributed by atoms with Gasteiger partial charge >= 0.3 is 0 Å². The van der Waals surface area contributed by atoms with Gasteiger partial charge in [0.2, 0.25) is 0 Å². The molecule has 4 nitrogen and oxygen atoms in total. The maximum absolute atomic E-state index is 12.7. The van der Waals surface area contributed by atoms with Gasteiger partial charge in [0.25, 0.3) is 0 Å². The van der Waals surface area contributed by atoms with Crippen molar-refractivity contribution >= 4 is 5.78 Å². The predicted octanol–water partition coefficient (Wildman–Crippen LogP) is 1.79. The monoisotopic (exact) mass is 282 g/mol. The SMILES string of the molecule is CN1CCN(C)C(CC(=O)C2CC(C)(C)OC2(C)C)C1. The largest absolute Gasteiger partial charge is 0.369 e. The van der Waals surface area contributed by atoms with E-state index in [1.807, 2.05) is 0 Å². The van der Waals surface area contributed by atoms with Crippen LogP contribution in [0, 0.1) is 5.92 Å². The van der Waals surface area contributed by atoms with E-state index in [0.717, 1.165) is 26.1 Å². The van der Waals surface area contributed by atoms with Crippen LogP contribution in [0.15, 0.2) is 0 Å². The van der Waals surface area contributed by atoms with Gasteiger partial charge in [-0.25, -0.2) is 0 Å². The second-order valence-electron chi connectivity index (χ2n) is 7.79. The first kappa shape index (κ1) is 15.9. The first-order chi connectivity index (χ1) is 9.11. The minimum atomic E-state index is -0.334. The fourth-order valence-electron chi connectivity index (χ4n) is 3.76. The molecular formula is C16H30N2O2. The van der Waals surface area contributed by atoms with E-state index in [0.29, 0.717) is 18.2 Å². The van der Waals surface area contributed by atoms with Gasteiger partial charge in [-0.1, -0.05) is 0 Å². The summed E-state index contributed by atoms with van der Waals surface area (Å²) >= 11 is 0. The third kappa shape index (κ3) is 3.41. The predicted molar refractivity (Wildman–Crippen MR) is 80.9 cm³/mol. The van der Waals surface area contributed by atoms with E-state index in [4.69, 9.17) is 4.74 Å². The Balaban J connectivity index is 2.01. The van der Waals surface area contributed by atoms with Crippen LogP contribution in [0.5, 0.6) is 0 Å². The molecule has 2 rings (SSSR count). The number of carbonyl (C=O) groups excluding carboxylic acids is 1. The molecule has 0 spiro atoms. The van der Waals surface area contributed by atoms with E-state index in [1.165, 1.54) is 0 Å². The Bertz CT molecular complexity index is 379. The molecular weight excluding hydrogens is 252 g/mol. The van der Waals surface area contributed by atoms with E-state index in [2.05, 4.69) is 51.6 Å². The zero-order valence-electron chi connectivity index (χ0n) is 13.9. The Morgan fingerprint density at radius 1 is 1.20 bits per heavy atom. The Morgan fingerprint density at radius 2 is 1.85 bits per heavy atom. The Hall–Kier alpha value is -0.450. The maximum Gasteiger partial charge on any atom is 0.140 e. The normalized spacial score (nSPS) is 34.3. The fourth-order valence-corrected chi connectivity index (χ4v) is 3.76. The molecule has 0 N–H and O–H groups in total. The van der Waals surface area contributed by atoms with Gasteiger partial charge in [0, 0.05) is 38.0 Å². The van der Waals surface area contributed by atoms with Gasteiger partial charge in [0.15, 0.2) is 0 Å². The third-order valence-electron chi connectivity index (χ3n) is 4.88. The molecule has 2 aliphatic heterocycles. The molecule has 0 aromatic carbocycles. The van der Waals surface area contributed by atoms with Crippen molar-refractivity contribution in [1.29, 1.82) is 0 Å². The summed E-state index contributed by atoms with van der Waals surface area (Å²) in [6, 6.07) is 0.348. The highest BCUT2D eigenvalue weighted by molar-refractivity contribution is 5.83. The molecule has 0 amide bonds. The molecule has 2 heterocycles. The molecule has 0 radical (unpaired) electrons. The summed E-state index contributed by atoms with van der Waals surface area (Å²) in [5.74, 6) is 0.394. The molecule has 116 valence electrons. The van der Waals surface area contributed by atoms with Gasteiger partial charge < -0.3 is 14.5 Å². The Labute approximate surface area is 123 Å². The van der Waals surface area contributed by atoms with E-state index < -0.39 is 0 Å². The van der Waals surface area contributed by atoms with Gasteiger partial charge in [-0.3, -0.25) is 4.79 Å². The van der Waals surface area contributed by atoms with Crippen molar-refractivity contribution in [3.63, 3.8) is 0 Å². The van der Waals surface area contributed by atoms with E-state index >= 15 is 0 Å². The van der Waals surface area contributed by atoms with Crippen LogP contribution < -0.4 is 0 Å². The van der Waals surface area contributed by atoms with Crippen molar-refractivity contribution in [1.82, 2.24) is 9.80 Å². The molecule has 0 saturated carbocycles. The zero-order chi connectivity index (χ0) is 15.1. The minimum Gasteiger partial charge on any atom is -0.369 e. The topological polar surface area (TPSA) is 32.8 Å². The van der Waals surface area contributed by atoms with Crippen molar-refractivity contribution in [3.8, 4) is 0 Å². The Morgan fingerprint density at radius 3 is 2.40 bits per heavy atom.